The summed E-state index contributed by atoms with van der Waals surface area (Å²) < 4.78 is 24.1. The van der Waals surface area contributed by atoms with Gasteiger partial charge in [0.05, 0.1) is 18.8 Å². The van der Waals surface area contributed by atoms with Crippen LogP contribution in [-0.2, 0) is 4.74 Å². The van der Waals surface area contributed by atoms with Crippen LogP contribution in [0.5, 0.6) is 0 Å². The van der Waals surface area contributed by atoms with E-state index >= 15 is 0 Å². The van der Waals surface area contributed by atoms with Crippen molar-refractivity contribution in [3.63, 3.8) is 0 Å². The largest absolute Gasteiger partial charge is 0.379 e. The number of carbonyl (C=O) groups excluding carboxylic acids is 2. The summed E-state index contributed by atoms with van der Waals surface area (Å²) in [6.45, 7) is 5.96. The van der Waals surface area contributed by atoms with Crippen LogP contribution in [0.2, 0.25) is 0 Å². The Morgan fingerprint density at radius 2 is 2.06 bits per heavy atom. The Kier molecular flexibility index (Phi) is 6.24. The lowest BCUT2D eigenvalue weighted by atomic mass is 9.99. The monoisotopic (exact) mass is 426 g/mol. The molecule has 0 bridgehead atoms. The Morgan fingerprint density at radius 1 is 1.26 bits per heavy atom. The van der Waals surface area contributed by atoms with Gasteiger partial charge in [-0.2, -0.15) is 0 Å². The summed E-state index contributed by atoms with van der Waals surface area (Å²) in [7, 11) is 0. The van der Waals surface area contributed by atoms with Crippen LogP contribution in [0.3, 0.4) is 0 Å². The molecule has 3 aromatic rings. The molecule has 31 heavy (non-hydrogen) atoms. The Morgan fingerprint density at radius 3 is 2.84 bits per heavy atom. The quantitative estimate of drug-likeness (QED) is 0.563. The van der Waals surface area contributed by atoms with Crippen molar-refractivity contribution in [1.29, 1.82) is 0 Å². The minimum absolute atomic E-state index is 0.240. The summed E-state index contributed by atoms with van der Waals surface area (Å²) in [5, 5.41) is 6.79. The number of aromatic nitrogens is 2. The van der Waals surface area contributed by atoms with E-state index in [0.717, 1.165) is 19.6 Å². The number of nitrogens with one attached hydrogen (secondary N) is 2. The van der Waals surface area contributed by atoms with Crippen LogP contribution in [0.4, 0.5) is 4.39 Å². The van der Waals surface area contributed by atoms with Crippen molar-refractivity contribution in [3.05, 3.63) is 64.9 Å². The smallest absolute Gasteiger partial charge is 0.267 e. The van der Waals surface area contributed by atoms with Gasteiger partial charge in [-0.25, -0.2) is 4.39 Å². The zero-order chi connectivity index (χ0) is 21.8. The lowest BCUT2D eigenvalue weighted by Gasteiger charge is -2.26. The van der Waals surface area contributed by atoms with E-state index in [4.69, 9.17) is 9.26 Å². The molecule has 0 spiro atoms. The van der Waals surface area contributed by atoms with Crippen LogP contribution < -0.4 is 5.32 Å². The summed E-state index contributed by atoms with van der Waals surface area (Å²) in [4.78, 5) is 30.6. The summed E-state index contributed by atoms with van der Waals surface area (Å²) in [6.07, 6.45) is 1.47. The average Bonchev–Trinajstić information content (AvgIpc) is 3.41. The number of benzene rings is 1. The van der Waals surface area contributed by atoms with Crippen molar-refractivity contribution in [3.8, 4) is 11.3 Å². The molecule has 0 atom stereocenters. The highest BCUT2D eigenvalue weighted by molar-refractivity contribution is 6.13. The Hall–Kier alpha value is -3.30. The number of morpholine rings is 1. The van der Waals surface area contributed by atoms with Crippen LogP contribution in [0, 0.1) is 12.7 Å². The number of nitrogens with zero attached hydrogens (tertiary/aromatic N) is 2. The predicted octanol–water partition coefficient (Wildman–Crippen LogP) is 2.41. The molecule has 0 saturated carbocycles. The first-order chi connectivity index (χ1) is 15.0. The molecule has 1 aliphatic rings. The number of ketones is 1. The van der Waals surface area contributed by atoms with Gasteiger partial charge in [0, 0.05) is 43.5 Å². The molecule has 1 aliphatic heterocycles. The first kappa shape index (κ1) is 21.0. The SMILES string of the molecule is Cc1onc(-c2cccc(F)c2)c1C(=O)c1c[nH]c(C(=O)NCCN2CCOCC2)c1. The van der Waals surface area contributed by atoms with Gasteiger partial charge < -0.3 is 19.6 Å². The molecule has 8 nitrogen and oxygen atoms in total. The molecule has 0 aliphatic carbocycles. The Labute approximate surface area is 178 Å². The molecular formula is C22H23FN4O4. The van der Waals surface area contributed by atoms with Crippen LogP contribution >= 0.6 is 0 Å². The van der Waals surface area contributed by atoms with Crippen LogP contribution in [-0.4, -0.2) is 66.1 Å². The van der Waals surface area contributed by atoms with Gasteiger partial charge in [0.25, 0.3) is 5.91 Å². The van der Waals surface area contributed by atoms with Gasteiger partial charge in [0.15, 0.2) is 5.78 Å². The number of aromatic amines is 1. The summed E-state index contributed by atoms with van der Waals surface area (Å²) in [5.74, 6) is -0.766. The third-order valence-electron chi connectivity index (χ3n) is 5.19. The number of amides is 1. The summed E-state index contributed by atoms with van der Waals surface area (Å²) in [5.41, 5.74) is 1.52. The predicted molar refractivity (Wildman–Crippen MR) is 110 cm³/mol. The maximum atomic E-state index is 13.6. The molecule has 0 unspecified atom stereocenters. The second-order valence-corrected chi connectivity index (χ2v) is 7.31. The molecule has 162 valence electrons. The zero-order valence-electron chi connectivity index (χ0n) is 17.1. The molecule has 1 amide bonds. The third-order valence-corrected chi connectivity index (χ3v) is 5.19. The number of hydrogen-bond acceptors (Lipinski definition) is 6. The second-order valence-electron chi connectivity index (χ2n) is 7.31. The van der Waals surface area contributed by atoms with E-state index in [1.54, 1.807) is 19.1 Å². The highest BCUT2D eigenvalue weighted by Crippen LogP contribution is 2.28. The van der Waals surface area contributed by atoms with E-state index in [0.29, 0.717) is 36.6 Å². The molecule has 9 heteroatoms. The van der Waals surface area contributed by atoms with Crippen molar-refractivity contribution in [2.45, 2.75) is 6.92 Å². The maximum Gasteiger partial charge on any atom is 0.267 e. The van der Waals surface area contributed by atoms with Crippen molar-refractivity contribution < 1.29 is 23.2 Å². The lowest BCUT2D eigenvalue weighted by Crippen LogP contribution is -2.41. The second kappa shape index (κ2) is 9.23. The summed E-state index contributed by atoms with van der Waals surface area (Å²) >= 11 is 0. The molecule has 0 radical (unpaired) electrons. The number of carbonyl (C=O) groups is 2. The maximum absolute atomic E-state index is 13.6. The standard InChI is InChI=1S/C22H23FN4O4/c1-14-19(20(26-31-14)15-3-2-4-17(23)11-15)21(28)16-12-18(25-13-16)22(29)24-5-6-27-7-9-30-10-8-27/h2-4,11-13,25H,5-10H2,1H3,(H,24,29). The fraction of sp³-hybridized carbons (Fsp3) is 0.318. The zero-order valence-corrected chi connectivity index (χ0v) is 17.1. The molecule has 4 rings (SSSR count). The van der Waals surface area contributed by atoms with Gasteiger partial charge in [-0.05, 0) is 25.1 Å². The van der Waals surface area contributed by atoms with Gasteiger partial charge in [-0.3, -0.25) is 14.5 Å². The number of halogens is 1. The fourth-order valence-electron chi connectivity index (χ4n) is 3.52. The minimum atomic E-state index is -0.436. The average molecular weight is 426 g/mol. The van der Waals surface area contributed by atoms with E-state index in [-0.39, 0.29) is 28.6 Å². The van der Waals surface area contributed by atoms with Crippen molar-refractivity contribution in [2.75, 3.05) is 39.4 Å². The van der Waals surface area contributed by atoms with Gasteiger partial charge in [-0.15, -0.1) is 0 Å². The minimum Gasteiger partial charge on any atom is -0.379 e. The van der Waals surface area contributed by atoms with Crippen molar-refractivity contribution >= 4 is 11.7 Å². The number of rotatable bonds is 7. The molecule has 2 aromatic heterocycles. The van der Waals surface area contributed by atoms with Crippen LogP contribution in [0.1, 0.15) is 32.2 Å². The number of hydrogen-bond donors (Lipinski definition) is 2. The van der Waals surface area contributed by atoms with E-state index in [2.05, 4.69) is 20.4 Å². The molecular weight excluding hydrogens is 403 g/mol. The Balaban J connectivity index is 1.45. The van der Waals surface area contributed by atoms with E-state index in [1.165, 1.54) is 24.4 Å². The molecule has 1 fully saturated rings. The fourth-order valence-corrected chi connectivity index (χ4v) is 3.52. The first-order valence-corrected chi connectivity index (χ1v) is 10.1. The van der Waals surface area contributed by atoms with E-state index < -0.39 is 5.82 Å². The van der Waals surface area contributed by atoms with E-state index in [1.807, 2.05) is 0 Å². The Bertz CT molecular complexity index is 1080. The topological polar surface area (TPSA) is 100 Å². The number of H-pyrrole nitrogens is 1. The highest BCUT2D eigenvalue weighted by Gasteiger charge is 2.24. The van der Waals surface area contributed by atoms with Gasteiger partial charge in [0.1, 0.15) is 23.0 Å². The normalized spacial score (nSPS) is 14.5. The number of ether oxygens (including phenoxy) is 1. The summed E-state index contributed by atoms with van der Waals surface area (Å²) in [6, 6.07) is 7.29. The molecule has 1 aromatic carbocycles. The number of aryl methyl sites for hydroxylation is 1. The van der Waals surface area contributed by atoms with Crippen molar-refractivity contribution in [2.24, 2.45) is 0 Å². The molecule has 1 saturated heterocycles. The lowest BCUT2D eigenvalue weighted by molar-refractivity contribution is 0.0383. The van der Waals surface area contributed by atoms with Gasteiger partial charge in [-0.1, -0.05) is 17.3 Å². The highest BCUT2D eigenvalue weighted by atomic mass is 19.1. The van der Waals surface area contributed by atoms with Gasteiger partial charge in [0.2, 0.25) is 0 Å². The molecule has 3 heterocycles. The third kappa shape index (κ3) is 4.73. The first-order valence-electron chi connectivity index (χ1n) is 10.1. The molecule has 2 N–H and O–H groups in total. The van der Waals surface area contributed by atoms with Crippen molar-refractivity contribution in [1.82, 2.24) is 20.4 Å². The van der Waals surface area contributed by atoms with Crippen LogP contribution in [0.15, 0.2) is 41.1 Å². The van der Waals surface area contributed by atoms with Gasteiger partial charge >= 0.3 is 0 Å². The van der Waals surface area contributed by atoms with E-state index in [9.17, 15) is 14.0 Å². The van der Waals surface area contributed by atoms with Crippen LogP contribution in [0.25, 0.3) is 11.3 Å².